The van der Waals surface area contributed by atoms with Crippen LogP contribution < -0.4 is 0 Å². The summed E-state index contributed by atoms with van der Waals surface area (Å²) in [5.41, 5.74) is 0.596. The highest BCUT2D eigenvalue weighted by Gasteiger charge is 2.26. The van der Waals surface area contributed by atoms with Gasteiger partial charge in [0.15, 0.2) is 0 Å². The third-order valence-electron chi connectivity index (χ3n) is 4.44. The van der Waals surface area contributed by atoms with Crippen LogP contribution in [0.5, 0.6) is 0 Å². The summed E-state index contributed by atoms with van der Waals surface area (Å²) in [7, 11) is -2.48. The van der Waals surface area contributed by atoms with Crippen LogP contribution in [0.2, 0.25) is 5.02 Å². The minimum atomic E-state index is -3.83. The molecular formula is C20H22ClN5O4S. The van der Waals surface area contributed by atoms with Crippen molar-refractivity contribution in [1.82, 2.24) is 24.4 Å². The number of halogens is 1. The topological polar surface area (TPSA) is 110 Å². The first-order chi connectivity index (χ1) is 14.8. The number of carbonyl (C=O) groups excluding carboxylic acids is 1. The number of likely N-dealkylation sites (N-methyl/N-ethyl adjacent to an activating group) is 1. The van der Waals surface area contributed by atoms with Crippen LogP contribution in [-0.4, -0.2) is 58.8 Å². The summed E-state index contributed by atoms with van der Waals surface area (Å²) in [5.74, 6) is 0.101. The van der Waals surface area contributed by atoms with E-state index in [1.54, 1.807) is 24.3 Å². The first kappa shape index (κ1) is 22.9. The van der Waals surface area contributed by atoms with Gasteiger partial charge in [-0.2, -0.15) is 4.31 Å². The molecule has 0 radical (unpaired) electrons. The number of nitrogens with zero attached hydrogens (tertiary/aromatic N) is 5. The molecule has 3 rings (SSSR count). The molecule has 31 heavy (non-hydrogen) atoms. The normalized spacial score (nSPS) is 11.6. The fourth-order valence-corrected chi connectivity index (χ4v) is 4.14. The lowest BCUT2D eigenvalue weighted by molar-refractivity contribution is -0.132. The number of carbonyl (C=O) groups is 1. The monoisotopic (exact) mass is 463 g/mol. The van der Waals surface area contributed by atoms with Crippen LogP contribution in [-0.2, 0) is 21.4 Å². The van der Waals surface area contributed by atoms with Gasteiger partial charge >= 0.3 is 0 Å². The number of pyridine rings is 1. The van der Waals surface area contributed by atoms with Crippen molar-refractivity contribution in [3.63, 3.8) is 0 Å². The van der Waals surface area contributed by atoms with Gasteiger partial charge in [0.25, 0.3) is 0 Å². The van der Waals surface area contributed by atoms with E-state index in [-0.39, 0.29) is 35.7 Å². The second-order valence-electron chi connectivity index (χ2n) is 6.75. The smallest absolute Gasteiger partial charge is 0.249 e. The lowest BCUT2D eigenvalue weighted by Gasteiger charge is -2.23. The molecule has 0 saturated heterocycles. The number of sulfonamides is 1. The van der Waals surface area contributed by atoms with E-state index < -0.39 is 10.0 Å². The van der Waals surface area contributed by atoms with Gasteiger partial charge in [0.2, 0.25) is 27.7 Å². The molecule has 0 aliphatic carbocycles. The molecule has 2 heterocycles. The maximum atomic E-state index is 12.9. The zero-order valence-corrected chi connectivity index (χ0v) is 18.7. The summed E-state index contributed by atoms with van der Waals surface area (Å²) in [6.45, 7) is 2.05. The molecule has 0 aliphatic rings. The molecule has 11 heteroatoms. The average molecular weight is 464 g/mol. The van der Waals surface area contributed by atoms with Crippen molar-refractivity contribution in [3.05, 3.63) is 59.7 Å². The van der Waals surface area contributed by atoms with Gasteiger partial charge in [-0.1, -0.05) is 30.7 Å². The summed E-state index contributed by atoms with van der Waals surface area (Å²) in [5, 5.41) is 8.49. The third-order valence-corrected chi connectivity index (χ3v) is 6.56. The predicted molar refractivity (Wildman–Crippen MR) is 115 cm³/mol. The van der Waals surface area contributed by atoms with Crippen LogP contribution >= 0.6 is 11.6 Å². The largest absolute Gasteiger partial charge is 0.419 e. The molecule has 0 bridgehead atoms. The zero-order chi connectivity index (χ0) is 22.4. The van der Waals surface area contributed by atoms with Gasteiger partial charge in [-0.05, 0) is 30.7 Å². The Morgan fingerprint density at radius 1 is 1.16 bits per heavy atom. The Morgan fingerprint density at radius 3 is 2.61 bits per heavy atom. The summed E-state index contributed by atoms with van der Waals surface area (Å²) in [4.78, 5) is 18.2. The molecule has 0 saturated carbocycles. The molecule has 0 atom stereocenters. The molecule has 3 aromatic rings. The van der Waals surface area contributed by atoms with Crippen LogP contribution in [0.4, 0.5) is 0 Å². The van der Waals surface area contributed by atoms with Crippen LogP contribution in [0.3, 0.4) is 0 Å². The molecule has 0 spiro atoms. The van der Waals surface area contributed by atoms with E-state index in [2.05, 4.69) is 15.2 Å². The van der Waals surface area contributed by atoms with Crippen LogP contribution in [0.1, 0.15) is 19.2 Å². The standard InChI is InChI=1S/C20H22ClN5O4S/c1-3-11-26(13-18-23-24-20(30-18)16-8-4-5-9-17(16)21)19(27)14-25(2)31(28,29)15-7-6-10-22-12-15/h4-10,12H,3,11,13-14H2,1-2H3. The summed E-state index contributed by atoms with van der Waals surface area (Å²) >= 11 is 6.17. The maximum absolute atomic E-state index is 12.9. The minimum Gasteiger partial charge on any atom is -0.419 e. The lowest BCUT2D eigenvalue weighted by atomic mass is 10.2. The molecule has 0 unspecified atom stereocenters. The van der Waals surface area contributed by atoms with E-state index >= 15 is 0 Å². The quantitative estimate of drug-likeness (QED) is 0.479. The van der Waals surface area contributed by atoms with Crippen molar-refractivity contribution in [2.75, 3.05) is 20.1 Å². The van der Waals surface area contributed by atoms with E-state index in [9.17, 15) is 13.2 Å². The van der Waals surface area contributed by atoms with Gasteiger partial charge in [0.05, 0.1) is 23.7 Å². The first-order valence-electron chi connectivity index (χ1n) is 9.54. The number of hydrogen-bond donors (Lipinski definition) is 0. The molecule has 9 nitrogen and oxygen atoms in total. The Morgan fingerprint density at radius 2 is 1.94 bits per heavy atom. The van der Waals surface area contributed by atoms with Crippen molar-refractivity contribution in [2.45, 2.75) is 24.8 Å². The van der Waals surface area contributed by atoms with Crippen molar-refractivity contribution in [2.24, 2.45) is 0 Å². The van der Waals surface area contributed by atoms with Gasteiger partial charge in [-0.3, -0.25) is 9.78 Å². The Labute approximate surface area is 185 Å². The van der Waals surface area contributed by atoms with E-state index in [0.29, 0.717) is 23.6 Å². The highest BCUT2D eigenvalue weighted by atomic mass is 35.5. The van der Waals surface area contributed by atoms with Crippen LogP contribution in [0, 0.1) is 0 Å². The van der Waals surface area contributed by atoms with Gasteiger partial charge < -0.3 is 9.32 Å². The Kier molecular flexibility index (Phi) is 7.37. The molecule has 0 N–H and O–H groups in total. The number of amides is 1. The highest BCUT2D eigenvalue weighted by molar-refractivity contribution is 7.89. The molecule has 1 aromatic carbocycles. The molecule has 2 aromatic heterocycles. The van der Waals surface area contributed by atoms with Crippen molar-refractivity contribution < 1.29 is 17.6 Å². The van der Waals surface area contributed by atoms with Crippen LogP contribution in [0.25, 0.3) is 11.5 Å². The number of hydrogen-bond acceptors (Lipinski definition) is 7. The van der Waals surface area contributed by atoms with Crippen molar-refractivity contribution >= 4 is 27.5 Å². The van der Waals surface area contributed by atoms with E-state index in [1.807, 2.05) is 6.92 Å². The Balaban J connectivity index is 1.72. The van der Waals surface area contributed by atoms with Gasteiger partial charge in [0.1, 0.15) is 4.90 Å². The van der Waals surface area contributed by atoms with Gasteiger partial charge in [-0.15, -0.1) is 10.2 Å². The van der Waals surface area contributed by atoms with Gasteiger partial charge in [-0.25, -0.2) is 8.42 Å². The fourth-order valence-electron chi connectivity index (χ4n) is 2.84. The summed E-state index contributed by atoms with van der Waals surface area (Å²) < 4.78 is 32.0. The van der Waals surface area contributed by atoms with E-state index in [0.717, 1.165) is 4.31 Å². The molecule has 0 aliphatic heterocycles. The maximum Gasteiger partial charge on any atom is 0.249 e. The Bertz CT molecular complexity index is 1140. The summed E-state index contributed by atoms with van der Waals surface area (Å²) in [6.07, 6.45) is 3.40. The number of rotatable bonds is 9. The molecule has 164 valence electrons. The first-order valence-corrected chi connectivity index (χ1v) is 11.4. The number of aromatic nitrogens is 3. The highest BCUT2D eigenvalue weighted by Crippen LogP contribution is 2.26. The van der Waals surface area contributed by atoms with Crippen LogP contribution in [0.15, 0.2) is 58.1 Å². The van der Waals surface area contributed by atoms with E-state index in [1.165, 1.54) is 36.5 Å². The second kappa shape index (κ2) is 9.99. The van der Waals surface area contributed by atoms with E-state index in [4.69, 9.17) is 16.0 Å². The van der Waals surface area contributed by atoms with Crippen molar-refractivity contribution in [1.29, 1.82) is 0 Å². The molecule has 0 fully saturated rings. The Hall–Kier alpha value is -2.82. The second-order valence-corrected chi connectivity index (χ2v) is 9.20. The van der Waals surface area contributed by atoms with Gasteiger partial charge in [0, 0.05) is 26.0 Å². The predicted octanol–water partition coefficient (Wildman–Crippen LogP) is 2.84. The number of benzene rings is 1. The SMILES string of the molecule is CCCN(Cc1nnc(-c2ccccc2Cl)o1)C(=O)CN(C)S(=O)(=O)c1cccnc1. The molecular weight excluding hydrogens is 442 g/mol. The average Bonchev–Trinajstić information content (AvgIpc) is 3.22. The van der Waals surface area contributed by atoms with Crippen molar-refractivity contribution in [3.8, 4) is 11.5 Å². The third kappa shape index (κ3) is 5.46. The summed E-state index contributed by atoms with van der Waals surface area (Å²) in [6, 6.07) is 10.0. The lowest BCUT2D eigenvalue weighted by Crippen LogP contribution is -2.41. The molecule has 1 amide bonds. The zero-order valence-electron chi connectivity index (χ0n) is 17.1. The fraction of sp³-hybridized carbons (Fsp3) is 0.300. The minimum absolute atomic E-state index is 0.0219.